The number of aldehydes is 1. The van der Waals surface area contributed by atoms with Crippen molar-refractivity contribution in [2.45, 2.75) is 97.5 Å². The second-order valence-electron chi connectivity index (χ2n) is 11.5. The molecule has 200 valence electrons. The predicted octanol–water partition coefficient (Wildman–Crippen LogP) is 7.20. The third-order valence-electron chi connectivity index (χ3n) is 8.16. The van der Waals surface area contributed by atoms with Crippen molar-refractivity contribution in [2.24, 2.45) is 11.8 Å². The van der Waals surface area contributed by atoms with Crippen LogP contribution in [-0.2, 0) is 13.6 Å². The lowest BCUT2D eigenvalue weighted by atomic mass is 9.91. The fraction of sp³-hybridized carbons (Fsp3) is 0.581. The molecule has 0 aliphatic rings. The van der Waals surface area contributed by atoms with E-state index in [4.69, 9.17) is 8.85 Å². The Morgan fingerprint density at radius 3 is 1.67 bits per heavy atom. The van der Waals surface area contributed by atoms with E-state index in [0.29, 0.717) is 18.9 Å². The van der Waals surface area contributed by atoms with Crippen molar-refractivity contribution < 1.29 is 13.6 Å². The molecule has 0 bridgehead atoms. The molecule has 2 aromatic carbocycles. The molecule has 0 N–H and O–H groups in total. The van der Waals surface area contributed by atoms with Gasteiger partial charge in [-0.1, -0.05) is 116 Å². The van der Waals surface area contributed by atoms with Gasteiger partial charge in [0.1, 0.15) is 6.29 Å². The minimum Gasteiger partial charge on any atom is -0.413 e. The monoisotopic (exact) mass is 526 g/mol. The lowest BCUT2D eigenvalue weighted by Gasteiger charge is -2.45. The van der Waals surface area contributed by atoms with Gasteiger partial charge in [-0.2, -0.15) is 0 Å². The minimum atomic E-state index is -2.60. The first-order valence-corrected chi connectivity index (χ1v) is 18.4. The third kappa shape index (κ3) is 7.06. The standard InChI is InChI=1S/C31H50O3Si2/c1-9-35(10-2,11-3)34-30(26(4)19-18-24-32)27(5)25-33-36(31(6,7)8,28-20-14-12-15-21-28)29-22-16-13-17-23-29/h12-17,20-24,26-27,30H,9-11,18-19,25H2,1-8H3/t26-,27+,30+/m1/s1. The van der Waals surface area contributed by atoms with Crippen molar-refractivity contribution >= 4 is 33.3 Å². The fourth-order valence-corrected chi connectivity index (χ4v) is 13.4. The molecule has 0 saturated heterocycles. The van der Waals surface area contributed by atoms with Crippen molar-refractivity contribution in [3.8, 4) is 0 Å². The van der Waals surface area contributed by atoms with Crippen LogP contribution in [0.25, 0.3) is 0 Å². The van der Waals surface area contributed by atoms with E-state index in [2.05, 4.69) is 116 Å². The van der Waals surface area contributed by atoms with E-state index < -0.39 is 16.6 Å². The topological polar surface area (TPSA) is 35.5 Å². The number of carbonyl (C=O) groups is 1. The molecule has 5 heteroatoms. The summed E-state index contributed by atoms with van der Waals surface area (Å²) in [7, 11) is -4.42. The van der Waals surface area contributed by atoms with Crippen LogP contribution in [0.15, 0.2) is 60.7 Å². The maximum absolute atomic E-state index is 11.2. The molecule has 0 fully saturated rings. The highest BCUT2D eigenvalue weighted by Gasteiger charge is 2.50. The number of benzene rings is 2. The third-order valence-corrected chi connectivity index (χ3v) is 17.8. The van der Waals surface area contributed by atoms with Crippen LogP contribution in [0.3, 0.4) is 0 Å². The highest BCUT2D eigenvalue weighted by molar-refractivity contribution is 6.99. The highest BCUT2D eigenvalue weighted by Crippen LogP contribution is 2.38. The molecule has 2 rings (SSSR count). The lowest BCUT2D eigenvalue weighted by Crippen LogP contribution is -2.67. The summed E-state index contributed by atoms with van der Waals surface area (Å²) in [6.07, 6.45) is 2.58. The first kappa shape index (κ1) is 30.7. The Kier molecular flexibility index (Phi) is 11.8. The van der Waals surface area contributed by atoms with Crippen LogP contribution in [-0.4, -0.2) is 35.6 Å². The van der Waals surface area contributed by atoms with Crippen LogP contribution < -0.4 is 10.4 Å². The minimum absolute atomic E-state index is 0.0519. The van der Waals surface area contributed by atoms with E-state index in [9.17, 15) is 4.79 Å². The Labute approximate surface area is 223 Å². The van der Waals surface area contributed by atoms with Gasteiger partial charge in [0.2, 0.25) is 0 Å². The van der Waals surface area contributed by atoms with Crippen LogP contribution >= 0.6 is 0 Å². The van der Waals surface area contributed by atoms with E-state index in [1.165, 1.54) is 10.4 Å². The van der Waals surface area contributed by atoms with E-state index in [1.807, 2.05) is 0 Å². The molecular formula is C31H50O3Si2. The van der Waals surface area contributed by atoms with Crippen molar-refractivity contribution in [2.75, 3.05) is 6.61 Å². The zero-order chi connectivity index (χ0) is 26.8. The fourth-order valence-electron chi connectivity index (χ4n) is 5.69. The molecule has 0 radical (unpaired) electrons. The molecule has 3 atom stereocenters. The van der Waals surface area contributed by atoms with Crippen molar-refractivity contribution in [3.63, 3.8) is 0 Å². The summed E-state index contributed by atoms with van der Waals surface area (Å²) in [6.45, 7) is 19.0. The number of rotatable bonds is 15. The summed E-state index contributed by atoms with van der Waals surface area (Å²) < 4.78 is 14.4. The van der Waals surface area contributed by atoms with Crippen LogP contribution in [0.4, 0.5) is 0 Å². The van der Waals surface area contributed by atoms with Crippen LogP contribution in [0, 0.1) is 11.8 Å². The van der Waals surface area contributed by atoms with Crippen molar-refractivity contribution in [1.29, 1.82) is 0 Å². The van der Waals surface area contributed by atoms with E-state index in [0.717, 1.165) is 30.8 Å². The molecule has 0 saturated carbocycles. The molecule has 0 amide bonds. The second-order valence-corrected chi connectivity index (χ2v) is 20.5. The van der Waals surface area contributed by atoms with E-state index in [-0.39, 0.29) is 17.1 Å². The predicted molar refractivity (Wildman–Crippen MR) is 159 cm³/mol. The van der Waals surface area contributed by atoms with Crippen LogP contribution in [0.1, 0.15) is 68.2 Å². The largest absolute Gasteiger partial charge is 0.413 e. The van der Waals surface area contributed by atoms with Gasteiger partial charge >= 0.3 is 0 Å². The first-order chi connectivity index (χ1) is 17.1. The van der Waals surface area contributed by atoms with Crippen LogP contribution in [0.5, 0.6) is 0 Å². The zero-order valence-electron chi connectivity index (χ0n) is 24.1. The maximum Gasteiger partial charge on any atom is 0.261 e. The summed E-state index contributed by atoms with van der Waals surface area (Å²) in [5.74, 6) is 0.536. The Bertz CT molecular complexity index is 843. The first-order valence-electron chi connectivity index (χ1n) is 14.0. The number of carbonyl (C=O) groups excluding carboxylic acids is 1. The van der Waals surface area contributed by atoms with Gasteiger partial charge in [0.25, 0.3) is 8.32 Å². The lowest BCUT2D eigenvalue weighted by molar-refractivity contribution is -0.108. The smallest absolute Gasteiger partial charge is 0.261 e. The molecule has 3 nitrogen and oxygen atoms in total. The molecule has 2 aromatic rings. The molecule has 0 aromatic heterocycles. The van der Waals surface area contributed by atoms with Gasteiger partial charge in [-0.15, -0.1) is 0 Å². The molecule has 0 aliphatic heterocycles. The van der Waals surface area contributed by atoms with Gasteiger partial charge in [0.15, 0.2) is 8.32 Å². The average molecular weight is 527 g/mol. The quantitative estimate of drug-likeness (QED) is 0.182. The molecular weight excluding hydrogens is 477 g/mol. The molecule has 36 heavy (non-hydrogen) atoms. The number of hydrogen-bond donors (Lipinski definition) is 0. The molecule has 0 heterocycles. The van der Waals surface area contributed by atoms with Gasteiger partial charge in [-0.05, 0) is 45.9 Å². The Balaban J connectivity index is 2.48. The van der Waals surface area contributed by atoms with E-state index >= 15 is 0 Å². The van der Waals surface area contributed by atoms with E-state index in [1.54, 1.807) is 0 Å². The molecule has 0 aliphatic carbocycles. The summed E-state index contributed by atoms with van der Waals surface area (Å²) in [5, 5.41) is 2.56. The molecule has 0 unspecified atom stereocenters. The second kappa shape index (κ2) is 13.8. The SMILES string of the molecule is CC[Si](CC)(CC)O[C@@H]([C@H](C)CCC=O)[C@@H](C)CO[Si](c1ccccc1)(c1ccccc1)C(C)(C)C. The normalized spacial score (nSPS) is 15.3. The van der Waals surface area contributed by atoms with Gasteiger partial charge in [-0.3, -0.25) is 0 Å². The summed E-state index contributed by atoms with van der Waals surface area (Å²) in [5.41, 5.74) is 0. The van der Waals surface area contributed by atoms with Gasteiger partial charge < -0.3 is 13.6 Å². The van der Waals surface area contributed by atoms with Gasteiger partial charge in [-0.25, -0.2) is 0 Å². The Morgan fingerprint density at radius 2 is 1.28 bits per heavy atom. The number of hydrogen-bond acceptors (Lipinski definition) is 3. The van der Waals surface area contributed by atoms with Crippen molar-refractivity contribution in [3.05, 3.63) is 60.7 Å². The zero-order valence-corrected chi connectivity index (χ0v) is 26.1. The summed E-state index contributed by atoms with van der Waals surface area (Å²) in [4.78, 5) is 11.2. The summed E-state index contributed by atoms with van der Waals surface area (Å²) >= 11 is 0. The van der Waals surface area contributed by atoms with Gasteiger partial charge in [0.05, 0.1) is 6.10 Å². The Hall–Kier alpha value is -1.54. The van der Waals surface area contributed by atoms with Crippen LogP contribution in [0.2, 0.25) is 23.2 Å². The summed E-state index contributed by atoms with van der Waals surface area (Å²) in [6, 6.07) is 25.1. The highest BCUT2D eigenvalue weighted by atomic mass is 28.4. The average Bonchev–Trinajstić information content (AvgIpc) is 2.89. The maximum atomic E-state index is 11.2. The Morgan fingerprint density at radius 1 is 0.806 bits per heavy atom. The van der Waals surface area contributed by atoms with Crippen molar-refractivity contribution in [1.82, 2.24) is 0 Å². The van der Waals surface area contributed by atoms with Gasteiger partial charge in [0, 0.05) is 18.9 Å². The molecule has 0 spiro atoms.